The van der Waals surface area contributed by atoms with Crippen molar-refractivity contribution in [3.8, 4) is 0 Å². The molecule has 5 heavy (non-hydrogen) atoms. The third-order valence-electron chi connectivity index (χ3n) is 0.498. The van der Waals surface area contributed by atoms with Gasteiger partial charge in [-0.2, -0.15) is 0 Å². The average Bonchev–Trinajstić information content (AvgIpc) is 1.38. The van der Waals surface area contributed by atoms with Crippen LogP contribution in [0.15, 0.2) is 0 Å². The standard InChI is InChI=1S/C2H8OSi2/c1-4-5(2)3/h4H2,1-2H3. The minimum Gasteiger partial charge on any atom is -0.394 e. The molecule has 0 bridgehead atoms. The van der Waals surface area contributed by atoms with Crippen LogP contribution in [0.25, 0.3) is 0 Å². The quantitative estimate of drug-likeness (QED) is 0.419. The van der Waals surface area contributed by atoms with Gasteiger partial charge in [-0.1, -0.05) is 6.55 Å². The molecule has 0 rings (SSSR count). The van der Waals surface area contributed by atoms with Gasteiger partial charge in [0, 0.05) is 0 Å². The largest absolute Gasteiger partial charge is 0.394 e. The smallest absolute Gasteiger partial charge is 0.245 e. The Morgan fingerprint density at radius 1 is 1.80 bits per heavy atom. The lowest BCUT2D eigenvalue weighted by Gasteiger charge is -1.66. The zero-order chi connectivity index (χ0) is 4.28. The van der Waals surface area contributed by atoms with Crippen molar-refractivity contribution in [1.29, 1.82) is 0 Å². The Morgan fingerprint density at radius 2 is 2.00 bits per heavy atom. The van der Waals surface area contributed by atoms with Crippen LogP contribution in [0.1, 0.15) is 0 Å². The van der Waals surface area contributed by atoms with Crippen LogP contribution in [0.4, 0.5) is 0 Å². The van der Waals surface area contributed by atoms with E-state index in [4.69, 9.17) is 0 Å². The molecular formula is C2H8OSi2. The molecule has 0 heterocycles. The van der Waals surface area contributed by atoms with Crippen molar-refractivity contribution >= 4 is 17.2 Å². The van der Waals surface area contributed by atoms with Gasteiger partial charge in [-0.3, -0.25) is 0 Å². The van der Waals surface area contributed by atoms with Gasteiger partial charge in [-0.15, -0.1) is 0 Å². The Labute approximate surface area is 35.7 Å². The predicted molar refractivity (Wildman–Crippen MR) is 26.7 cm³/mol. The Kier molecular flexibility index (Phi) is 2.59. The molecule has 30 valence electrons. The number of hydrogen-bond donors (Lipinski definition) is 0. The van der Waals surface area contributed by atoms with Crippen molar-refractivity contribution in [3.63, 3.8) is 0 Å². The van der Waals surface area contributed by atoms with Crippen LogP contribution in [0.3, 0.4) is 0 Å². The van der Waals surface area contributed by atoms with Gasteiger partial charge in [-0.25, -0.2) is 0 Å². The molecule has 0 aromatic carbocycles. The maximum absolute atomic E-state index is 10.1. The van der Waals surface area contributed by atoms with Crippen molar-refractivity contribution < 1.29 is 4.46 Å². The van der Waals surface area contributed by atoms with Gasteiger partial charge < -0.3 is 4.46 Å². The summed E-state index contributed by atoms with van der Waals surface area (Å²) >= 11 is 0. The molecule has 0 radical (unpaired) electrons. The van der Waals surface area contributed by atoms with E-state index in [0.717, 1.165) is 0 Å². The molecule has 0 aromatic heterocycles. The Balaban J connectivity index is 2.85. The second kappa shape index (κ2) is 2.47. The van der Waals surface area contributed by atoms with Gasteiger partial charge in [0.25, 0.3) is 0 Å². The van der Waals surface area contributed by atoms with Crippen LogP contribution >= 0.6 is 0 Å². The fourth-order valence-electron chi connectivity index (χ4n) is 0. The molecule has 0 aliphatic carbocycles. The lowest BCUT2D eigenvalue weighted by Crippen LogP contribution is -1.98. The van der Waals surface area contributed by atoms with E-state index >= 15 is 0 Å². The van der Waals surface area contributed by atoms with Crippen molar-refractivity contribution in [2.75, 3.05) is 0 Å². The van der Waals surface area contributed by atoms with E-state index < -0.39 is 8.20 Å². The molecule has 0 spiro atoms. The molecule has 3 heteroatoms. The van der Waals surface area contributed by atoms with E-state index in [9.17, 15) is 4.46 Å². The van der Waals surface area contributed by atoms with Gasteiger partial charge in [0.1, 0.15) is 0 Å². The topological polar surface area (TPSA) is 17.1 Å². The van der Waals surface area contributed by atoms with Crippen LogP contribution in [0, 0.1) is 0 Å². The van der Waals surface area contributed by atoms with Gasteiger partial charge in [-0.05, 0) is 6.55 Å². The SMILES string of the molecule is C[SiH2][Si](C)=O. The minimum absolute atomic E-state index is 0.105. The fourth-order valence-corrected chi connectivity index (χ4v) is 0. The lowest BCUT2D eigenvalue weighted by atomic mass is 11.9. The normalized spacial score (nSPS) is 10.0. The molecule has 0 N–H and O–H groups in total. The molecule has 0 fully saturated rings. The molecule has 0 unspecified atom stereocenters. The van der Waals surface area contributed by atoms with Gasteiger partial charge in [0.15, 0.2) is 0 Å². The van der Waals surface area contributed by atoms with E-state index in [-0.39, 0.29) is 9.04 Å². The molecule has 0 aliphatic heterocycles. The summed E-state index contributed by atoms with van der Waals surface area (Å²) in [7, 11) is -1.09. The highest BCUT2D eigenvalue weighted by Crippen LogP contribution is 1.54. The first-order valence-electron chi connectivity index (χ1n) is 1.76. The highest BCUT2D eigenvalue weighted by molar-refractivity contribution is 7.03. The Hall–Kier alpha value is 0.234. The van der Waals surface area contributed by atoms with Gasteiger partial charge >= 0.3 is 0 Å². The fraction of sp³-hybridized carbons (Fsp3) is 1.00. The van der Waals surface area contributed by atoms with Crippen LogP contribution in [0.5, 0.6) is 0 Å². The zero-order valence-electron chi connectivity index (χ0n) is 3.62. The lowest BCUT2D eigenvalue weighted by molar-refractivity contribution is 0.575. The van der Waals surface area contributed by atoms with E-state index in [0.29, 0.717) is 0 Å². The summed E-state index contributed by atoms with van der Waals surface area (Å²) in [6.45, 7) is 3.90. The van der Waals surface area contributed by atoms with E-state index in [1.807, 2.05) is 6.55 Å². The molecule has 0 amide bonds. The van der Waals surface area contributed by atoms with Crippen LogP contribution in [0.2, 0.25) is 13.1 Å². The van der Waals surface area contributed by atoms with Gasteiger partial charge in [0.05, 0.1) is 9.04 Å². The van der Waals surface area contributed by atoms with E-state index in [1.165, 1.54) is 0 Å². The van der Waals surface area contributed by atoms with Crippen LogP contribution < -0.4 is 0 Å². The average molecular weight is 104 g/mol. The first-order valence-corrected chi connectivity index (χ1v) is 7.42. The van der Waals surface area contributed by atoms with Crippen molar-refractivity contribution in [2.24, 2.45) is 0 Å². The summed E-state index contributed by atoms with van der Waals surface area (Å²) in [6.07, 6.45) is 0. The predicted octanol–water partition coefficient (Wildman–Crippen LogP) is -0.248. The molecule has 0 aromatic rings. The molecule has 0 saturated heterocycles. The number of rotatable bonds is 1. The summed E-state index contributed by atoms with van der Waals surface area (Å²) in [4.78, 5) is 0. The zero-order valence-corrected chi connectivity index (χ0v) is 6.03. The molecular weight excluding hydrogens is 96.2 g/mol. The molecule has 0 atom stereocenters. The first kappa shape index (κ1) is 5.23. The third-order valence-corrected chi connectivity index (χ3v) is 4.48. The Morgan fingerprint density at radius 3 is 2.00 bits per heavy atom. The maximum Gasteiger partial charge on any atom is 0.245 e. The minimum atomic E-state index is -0.985. The number of hydrogen-bond acceptors (Lipinski definition) is 1. The second-order valence-corrected chi connectivity index (χ2v) is 8.28. The van der Waals surface area contributed by atoms with Crippen molar-refractivity contribution in [3.05, 3.63) is 0 Å². The monoisotopic (exact) mass is 104 g/mol. The molecule has 0 aliphatic rings. The summed E-state index contributed by atoms with van der Waals surface area (Å²) in [5.41, 5.74) is 0. The van der Waals surface area contributed by atoms with Crippen molar-refractivity contribution in [2.45, 2.75) is 13.1 Å². The summed E-state index contributed by atoms with van der Waals surface area (Å²) in [6, 6.07) is 0. The first-order chi connectivity index (χ1) is 2.27. The van der Waals surface area contributed by atoms with Crippen LogP contribution in [-0.2, 0) is 4.46 Å². The molecule has 0 saturated carbocycles. The summed E-state index contributed by atoms with van der Waals surface area (Å²) in [5.74, 6) is 0. The summed E-state index contributed by atoms with van der Waals surface area (Å²) < 4.78 is 10.1. The highest BCUT2D eigenvalue weighted by Gasteiger charge is 1.83. The van der Waals surface area contributed by atoms with Crippen molar-refractivity contribution in [1.82, 2.24) is 0 Å². The third kappa shape index (κ3) is 4.23. The van der Waals surface area contributed by atoms with Crippen LogP contribution in [-0.4, -0.2) is 17.2 Å². The maximum atomic E-state index is 10.1. The summed E-state index contributed by atoms with van der Waals surface area (Å²) in [5, 5.41) is 0. The highest BCUT2D eigenvalue weighted by atomic mass is 29.2. The van der Waals surface area contributed by atoms with Gasteiger partial charge in [0.2, 0.25) is 8.20 Å². The Bertz CT molecular complexity index is 42.9. The van der Waals surface area contributed by atoms with E-state index in [1.54, 1.807) is 0 Å². The molecule has 1 nitrogen and oxygen atoms in total. The van der Waals surface area contributed by atoms with E-state index in [2.05, 4.69) is 6.55 Å². The second-order valence-electron chi connectivity index (χ2n) is 1.06.